The van der Waals surface area contributed by atoms with Crippen LogP contribution in [0.2, 0.25) is 0 Å². The maximum atomic E-state index is 4.59. The molecule has 0 aliphatic heterocycles. The van der Waals surface area contributed by atoms with Gasteiger partial charge in [-0.1, -0.05) is 13.8 Å². The summed E-state index contributed by atoms with van der Waals surface area (Å²) in [4.78, 5) is 9.15. The molecule has 0 bridgehead atoms. The van der Waals surface area contributed by atoms with Crippen molar-refractivity contribution < 1.29 is 0 Å². The molecule has 0 aliphatic rings. The monoisotopic (exact) mass is 288 g/mol. The third-order valence-electron chi connectivity index (χ3n) is 3.24. The molecule has 0 atom stereocenters. The van der Waals surface area contributed by atoms with Crippen LogP contribution in [0.3, 0.4) is 0 Å². The van der Waals surface area contributed by atoms with E-state index < -0.39 is 0 Å². The molecule has 0 radical (unpaired) electrons. The number of nitrogens with zero attached hydrogens (tertiary/aromatic N) is 4. The fraction of sp³-hybridized carbons (Fsp3) is 0.533. The van der Waals surface area contributed by atoms with Gasteiger partial charge in [0.1, 0.15) is 17.5 Å². The number of anilines is 2. The molecule has 2 N–H and O–H groups in total. The number of aromatic nitrogens is 4. The van der Waals surface area contributed by atoms with Crippen molar-refractivity contribution in [3.8, 4) is 0 Å². The van der Waals surface area contributed by atoms with Crippen LogP contribution in [-0.2, 0) is 13.0 Å². The molecule has 6 nitrogen and oxygen atoms in total. The Labute approximate surface area is 126 Å². The summed E-state index contributed by atoms with van der Waals surface area (Å²) in [6.07, 6.45) is 5.65. The smallest absolute Gasteiger partial charge is 0.134 e. The number of aryl methyl sites for hydroxylation is 1. The predicted molar refractivity (Wildman–Crippen MR) is 85.6 cm³/mol. The lowest BCUT2D eigenvalue weighted by molar-refractivity contribution is 0.636. The molecule has 0 aromatic carbocycles. The second-order valence-electron chi connectivity index (χ2n) is 4.94. The molecule has 6 heteroatoms. The standard InChI is InChI=1S/C15H24N6/c1-4-7-16-14-12(3)15(20-13(5-2)19-14)17-9-11-21-10-6-8-18-21/h6,8,10H,4-5,7,9,11H2,1-3H3,(H2,16,17,19,20). The fourth-order valence-electron chi connectivity index (χ4n) is 2.03. The van der Waals surface area contributed by atoms with E-state index in [0.29, 0.717) is 0 Å². The summed E-state index contributed by atoms with van der Waals surface area (Å²) in [5.41, 5.74) is 1.07. The Bertz CT molecular complexity index is 550. The van der Waals surface area contributed by atoms with Gasteiger partial charge in [0, 0.05) is 37.5 Å². The van der Waals surface area contributed by atoms with E-state index in [1.165, 1.54) is 0 Å². The second-order valence-corrected chi connectivity index (χ2v) is 4.94. The van der Waals surface area contributed by atoms with Gasteiger partial charge in [0.25, 0.3) is 0 Å². The lowest BCUT2D eigenvalue weighted by Gasteiger charge is -2.14. The van der Waals surface area contributed by atoms with E-state index in [4.69, 9.17) is 0 Å². The molecule has 114 valence electrons. The molecular weight excluding hydrogens is 264 g/mol. The Balaban J connectivity index is 2.05. The van der Waals surface area contributed by atoms with Crippen molar-refractivity contribution in [3.63, 3.8) is 0 Å². The summed E-state index contributed by atoms with van der Waals surface area (Å²) in [6, 6.07) is 1.93. The third kappa shape index (κ3) is 4.18. The van der Waals surface area contributed by atoms with Crippen LogP contribution in [0.1, 0.15) is 31.7 Å². The Morgan fingerprint density at radius 3 is 2.38 bits per heavy atom. The number of rotatable bonds is 8. The predicted octanol–water partition coefficient (Wildman–Crippen LogP) is 2.48. The fourth-order valence-corrected chi connectivity index (χ4v) is 2.03. The quantitative estimate of drug-likeness (QED) is 0.781. The van der Waals surface area contributed by atoms with Crippen molar-refractivity contribution in [1.82, 2.24) is 19.7 Å². The molecule has 0 unspecified atom stereocenters. The summed E-state index contributed by atoms with van der Waals surface area (Å²) in [7, 11) is 0. The summed E-state index contributed by atoms with van der Waals surface area (Å²) < 4.78 is 1.90. The van der Waals surface area contributed by atoms with Crippen molar-refractivity contribution in [1.29, 1.82) is 0 Å². The van der Waals surface area contributed by atoms with Crippen LogP contribution in [0.4, 0.5) is 11.6 Å². The molecule has 0 saturated carbocycles. The van der Waals surface area contributed by atoms with E-state index in [9.17, 15) is 0 Å². The summed E-state index contributed by atoms with van der Waals surface area (Å²) in [6.45, 7) is 8.79. The number of hydrogen-bond donors (Lipinski definition) is 2. The topological polar surface area (TPSA) is 67.7 Å². The van der Waals surface area contributed by atoms with Crippen molar-refractivity contribution in [2.45, 2.75) is 40.2 Å². The van der Waals surface area contributed by atoms with Crippen molar-refractivity contribution >= 4 is 11.6 Å². The van der Waals surface area contributed by atoms with Crippen molar-refractivity contribution in [3.05, 3.63) is 29.8 Å². The van der Waals surface area contributed by atoms with Gasteiger partial charge in [-0.2, -0.15) is 5.10 Å². The normalized spacial score (nSPS) is 10.6. The molecule has 21 heavy (non-hydrogen) atoms. The number of hydrogen-bond acceptors (Lipinski definition) is 5. The Morgan fingerprint density at radius 2 is 1.81 bits per heavy atom. The Morgan fingerprint density at radius 1 is 1.10 bits per heavy atom. The van der Waals surface area contributed by atoms with Gasteiger partial charge in [0.2, 0.25) is 0 Å². The minimum absolute atomic E-state index is 0.788. The van der Waals surface area contributed by atoms with Gasteiger partial charge in [-0.25, -0.2) is 9.97 Å². The van der Waals surface area contributed by atoms with Gasteiger partial charge < -0.3 is 10.6 Å². The first-order valence-electron chi connectivity index (χ1n) is 7.57. The molecule has 0 fully saturated rings. The Kier molecular flexibility index (Phi) is 5.54. The maximum absolute atomic E-state index is 4.59. The van der Waals surface area contributed by atoms with Crippen LogP contribution in [0.25, 0.3) is 0 Å². The van der Waals surface area contributed by atoms with Crippen LogP contribution in [-0.4, -0.2) is 32.8 Å². The van der Waals surface area contributed by atoms with Crippen LogP contribution in [0, 0.1) is 6.92 Å². The second kappa shape index (κ2) is 7.61. The lowest BCUT2D eigenvalue weighted by Crippen LogP contribution is -2.15. The molecule has 2 rings (SSSR count). The largest absolute Gasteiger partial charge is 0.370 e. The molecule has 0 amide bonds. The highest BCUT2D eigenvalue weighted by molar-refractivity contribution is 5.57. The van der Waals surface area contributed by atoms with Gasteiger partial charge in [-0.15, -0.1) is 0 Å². The molecule has 0 aliphatic carbocycles. The van der Waals surface area contributed by atoms with E-state index in [0.717, 1.165) is 55.5 Å². The van der Waals surface area contributed by atoms with Crippen LogP contribution in [0.15, 0.2) is 18.5 Å². The highest BCUT2D eigenvalue weighted by Gasteiger charge is 2.09. The van der Waals surface area contributed by atoms with E-state index >= 15 is 0 Å². The highest BCUT2D eigenvalue weighted by Crippen LogP contribution is 2.20. The van der Waals surface area contributed by atoms with E-state index in [1.54, 1.807) is 6.20 Å². The molecule has 0 spiro atoms. The first-order valence-corrected chi connectivity index (χ1v) is 7.57. The van der Waals surface area contributed by atoms with E-state index in [1.807, 2.05) is 23.9 Å². The SMILES string of the molecule is CCCNc1nc(CC)nc(NCCn2cccn2)c1C. The molecule has 0 saturated heterocycles. The first kappa shape index (κ1) is 15.3. The zero-order valence-corrected chi connectivity index (χ0v) is 13.1. The summed E-state index contributed by atoms with van der Waals surface area (Å²) in [5, 5.41) is 11.0. The average molecular weight is 288 g/mol. The minimum atomic E-state index is 0.788. The highest BCUT2D eigenvalue weighted by atomic mass is 15.3. The minimum Gasteiger partial charge on any atom is -0.370 e. The molecular formula is C15H24N6. The zero-order valence-electron chi connectivity index (χ0n) is 13.1. The summed E-state index contributed by atoms with van der Waals surface area (Å²) >= 11 is 0. The van der Waals surface area contributed by atoms with E-state index in [-0.39, 0.29) is 0 Å². The van der Waals surface area contributed by atoms with Gasteiger partial charge in [-0.05, 0) is 19.4 Å². The summed E-state index contributed by atoms with van der Waals surface area (Å²) in [5.74, 6) is 2.71. The molecule has 2 aromatic rings. The Hall–Kier alpha value is -2.11. The van der Waals surface area contributed by atoms with Gasteiger partial charge in [0.15, 0.2) is 0 Å². The van der Waals surface area contributed by atoms with Crippen LogP contribution >= 0.6 is 0 Å². The zero-order chi connectivity index (χ0) is 15.1. The van der Waals surface area contributed by atoms with Crippen molar-refractivity contribution in [2.75, 3.05) is 23.7 Å². The average Bonchev–Trinajstić information content (AvgIpc) is 3.01. The molecule has 2 heterocycles. The van der Waals surface area contributed by atoms with Gasteiger partial charge >= 0.3 is 0 Å². The maximum Gasteiger partial charge on any atom is 0.134 e. The third-order valence-corrected chi connectivity index (χ3v) is 3.24. The number of nitrogens with one attached hydrogen (secondary N) is 2. The van der Waals surface area contributed by atoms with E-state index in [2.05, 4.69) is 39.5 Å². The molecule has 2 aromatic heterocycles. The lowest BCUT2D eigenvalue weighted by atomic mass is 10.2. The van der Waals surface area contributed by atoms with Gasteiger partial charge in [-0.3, -0.25) is 4.68 Å². The van der Waals surface area contributed by atoms with Crippen molar-refractivity contribution in [2.24, 2.45) is 0 Å². The van der Waals surface area contributed by atoms with Gasteiger partial charge in [0.05, 0.1) is 6.54 Å². The van der Waals surface area contributed by atoms with Crippen LogP contribution in [0.5, 0.6) is 0 Å². The first-order chi connectivity index (χ1) is 10.2. The van der Waals surface area contributed by atoms with Crippen LogP contribution < -0.4 is 10.6 Å².